The molecule has 25 heavy (non-hydrogen) atoms. The number of carbonyl (C=O) groups is 1. The van der Waals surface area contributed by atoms with Gasteiger partial charge in [0.1, 0.15) is 0 Å². The van der Waals surface area contributed by atoms with Gasteiger partial charge in [-0.25, -0.2) is 8.42 Å². The Kier molecular flexibility index (Phi) is 5.44. The van der Waals surface area contributed by atoms with Crippen molar-refractivity contribution >= 4 is 43.0 Å². The summed E-state index contributed by atoms with van der Waals surface area (Å²) >= 11 is 3.44. The molecule has 2 aromatic rings. The van der Waals surface area contributed by atoms with E-state index in [0.29, 0.717) is 6.42 Å². The maximum absolute atomic E-state index is 12.9. The molecule has 1 heterocycles. The Morgan fingerprint density at radius 1 is 1.12 bits per heavy atom. The molecule has 0 aromatic heterocycles. The second-order valence-corrected chi connectivity index (χ2v) is 9.07. The Labute approximate surface area is 156 Å². The number of sulfone groups is 1. The van der Waals surface area contributed by atoms with Crippen LogP contribution in [0.3, 0.4) is 0 Å². The van der Waals surface area contributed by atoms with E-state index in [1.54, 1.807) is 4.90 Å². The second-order valence-electron chi connectivity index (χ2n) is 5.99. The Bertz CT molecular complexity index is 856. The van der Waals surface area contributed by atoms with Gasteiger partial charge in [0.15, 0.2) is 9.84 Å². The Hall–Kier alpha value is -1.86. The van der Waals surface area contributed by atoms with Crippen LogP contribution in [-0.4, -0.2) is 38.4 Å². The quantitative estimate of drug-likeness (QED) is 0.803. The average molecular weight is 423 g/mol. The van der Waals surface area contributed by atoms with Crippen molar-refractivity contribution in [2.24, 2.45) is 0 Å². The first kappa shape index (κ1) is 17.9. The highest BCUT2D eigenvalue weighted by atomic mass is 79.9. The molecule has 3 rings (SSSR count). The smallest absolute Gasteiger partial charge is 0.246 e. The predicted octanol–water partition coefficient (Wildman–Crippen LogP) is 3.08. The molecule has 0 saturated carbocycles. The van der Waals surface area contributed by atoms with E-state index in [1.807, 2.05) is 54.6 Å². The zero-order valence-electron chi connectivity index (χ0n) is 13.6. The SMILES string of the molecule is O=C(CNc1ccccc1Br)N(c1ccccc1)[C@@H]1CCS(=O)(=O)C1. The molecule has 7 heteroatoms. The van der Waals surface area contributed by atoms with Crippen molar-refractivity contribution < 1.29 is 13.2 Å². The van der Waals surface area contributed by atoms with Crippen molar-refractivity contribution in [1.82, 2.24) is 0 Å². The molecule has 132 valence electrons. The first-order valence-corrected chi connectivity index (χ1v) is 10.6. The summed E-state index contributed by atoms with van der Waals surface area (Å²) in [4.78, 5) is 14.5. The standard InChI is InChI=1S/C18H19BrN2O3S/c19-16-8-4-5-9-17(16)20-12-18(22)21(14-6-2-1-3-7-14)15-10-11-25(23,24)13-15/h1-9,15,20H,10-13H2/t15-/m1/s1. The molecule has 0 bridgehead atoms. The van der Waals surface area contributed by atoms with Crippen LogP contribution in [0.25, 0.3) is 0 Å². The van der Waals surface area contributed by atoms with Crippen LogP contribution in [0.2, 0.25) is 0 Å². The fourth-order valence-electron chi connectivity index (χ4n) is 2.99. The molecule has 5 nitrogen and oxygen atoms in total. The minimum Gasteiger partial charge on any atom is -0.375 e. The summed E-state index contributed by atoms with van der Waals surface area (Å²) < 4.78 is 24.6. The molecule has 1 aliphatic rings. The summed E-state index contributed by atoms with van der Waals surface area (Å²) in [5.41, 5.74) is 1.55. The topological polar surface area (TPSA) is 66.5 Å². The van der Waals surface area contributed by atoms with Crippen LogP contribution < -0.4 is 10.2 Å². The third kappa shape index (κ3) is 4.41. The molecular formula is C18H19BrN2O3S. The maximum atomic E-state index is 12.9. The number of carbonyl (C=O) groups excluding carboxylic acids is 1. The minimum absolute atomic E-state index is 0.0165. The summed E-state index contributed by atoms with van der Waals surface area (Å²) in [7, 11) is -3.08. The van der Waals surface area contributed by atoms with Gasteiger partial charge in [-0.3, -0.25) is 4.79 Å². The van der Waals surface area contributed by atoms with Gasteiger partial charge in [-0.05, 0) is 46.6 Å². The van der Waals surface area contributed by atoms with Gasteiger partial charge in [0.05, 0.1) is 24.1 Å². The first-order chi connectivity index (χ1) is 12.0. The number of nitrogens with zero attached hydrogens (tertiary/aromatic N) is 1. The molecular weight excluding hydrogens is 404 g/mol. The van der Waals surface area contributed by atoms with Crippen molar-refractivity contribution in [2.75, 3.05) is 28.3 Å². The molecule has 1 fully saturated rings. The van der Waals surface area contributed by atoms with Crippen LogP contribution in [0.4, 0.5) is 11.4 Å². The maximum Gasteiger partial charge on any atom is 0.246 e. The van der Waals surface area contributed by atoms with Crippen molar-refractivity contribution in [3.05, 3.63) is 59.1 Å². The van der Waals surface area contributed by atoms with Crippen molar-refractivity contribution in [3.8, 4) is 0 Å². The van der Waals surface area contributed by atoms with Crippen LogP contribution in [0.15, 0.2) is 59.1 Å². The molecule has 2 aromatic carbocycles. The van der Waals surface area contributed by atoms with E-state index in [0.717, 1.165) is 15.8 Å². The molecule has 1 saturated heterocycles. The number of hydrogen-bond donors (Lipinski definition) is 1. The van der Waals surface area contributed by atoms with Gasteiger partial charge in [0, 0.05) is 15.8 Å². The van der Waals surface area contributed by atoms with E-state index in [1.165, 1.54) is 0 Å². The fourth-order valence-corrected chi connectivity index (χ4v) is 5.11. The molecule has 1 amide bonds. The number of hydrogen-bond acceptors (Lipinski definition) is 4. The lowest BCUT2D eigenvalue weighted by molar-refractivity contribution is -0.117. The zero-order valence-corrected chi connectivity index (χ0v) is 16.0. The van der Waals surface area contributed by atoms with E-state index >= 15 is 0 Å². The van der Waals surface area contributed by atoms with Gasteiger partial charge in [-0.1, -0.05) is 30.3 Å². The van der Waals surface area contributed by atoms with Crippen molar-refractivity contribution in [2.45, 2.75) is 12.5 Å². The average Bonchev–Trinajstić information content (AvgIpc) is 2.95. The largest absolute Gasteiger partial charge is 0.375 e. The van der Waals surface area contributed by atoms with Gasteiger partial charge in [-0.2, -0.15) is 0 Å². The minimum atomic E-state index is -3.08. The first-order valence-electron chi connectivity index (χ1n) is 8.02. The molecule has 1 N–H and O–H groups in total. The summed E-state index contributed by atoms with van der Waals surface area (Å²) in [5.74, 6) is -0.00160. The number of anilines is 2. The van der Waals surface area contributed by atoms with E-state index in [-0.39, 0.29) is 30.0 Å². The molecule has 1 atom stereocenters. The number of nitrogens with one attached hydrogen (secondary N) is 1. The molecule has 0 spiro atoms. The van der Waals surface area contributed by atoms with E-state index in [9.17, 15) is 13.2 Å². The number of rotatable bonds is 5. The predicted molar refractivity (Wildman–Crippen MR) is 104 cm³/mol. The lowest BCUT2D eigenvalue weighted by Gasteiger charge is -2.28. The Morgan fingerprint density at radius 2 is 1.80 bits per heavy atom. The van der Waals surface area contributed by atoms with Gasteiger partial charge in [0.25, 0.3) is 0 Å². The summed E-state index contributed by atoms with van der Waals surface area (Å²) in [6, 6.07) is 16.5. The number of amides is 1. The molecule has 0 aliphatic carbocycles. The van der Waals surface area contributed by atoms with Crippen molar-refractivity contribution in [3.63, 3.8) is 0 Å². The molecule has 1 aliphatic heterocycles. The fraction of sp³-hybridized carbons (Fsp3) is 0.278. The van der Waals surface area contributed by atoms with Crippen LogP contribution in [0.1, 0.15) is 6.42 Å². The van der Waals surface area contributed by atoms with Crippen LogP contribution >= 0.6 is 15.9 Å². The summed E-state index contributed by atoms with van der Waals surface area (Å²) in [5, 5.41) is 3.12. The third-order valence-corrected chi connectivity index (χ3v) is 6.62. The lowest BCUT2D eigenvalue weighted by Crippen LogP contribution is -2.44. The Balaban J connectivity index is 1.79. The highest BCUT2D eigenvalue weighted by Gasteiger charge is 2.35. The van der Waals surface area contributed by atoms with E-state index in [2.05, 4.69) is 21.2 Å². The normalized spacial score (nSPS) is 18.7. The van der Waals surface area contributed by atoms with Crippen LogP contribution in [0, 0.1) is 0 Å². The summed E-state index contributed by atoms with van der Waals surface area (Å²) in [6.07, 6.45) is 0.470. The van der Waals surface area contributed by atoms with Gasteiger partial charge >= 0.3 is 0 Å². The number of halogens is 1. The zero-order chi connectivity index (χ0) is 17.9. The Morgan fingerprint density at radius 3 is 2.44 bits per heavy atom. The lowest BCUT2D eigenvalue weighted by atomic mass is 10.1. The van der Waals surface area contributed by atoms with Crippen molar-refractivity contribution in [1.29, 1.82) is 0 Å². The molecule has 0 unspecified atom stereocenters. The van der Waals surface area contributed by atoms with Crippen LogP contribution in [-0.2, 0) is 14.6 Å². The molecule has 0 radical (unpaired) electrons. The second kappa shape index (κ2) is 7.58. The highest BCUT2D eigenvalue weighted by molar-refractivity contribution is 9.10. The van der Waals surface area contributed by atoms with Crippen LogP contribution in [0.5, 0.6) is 0 Å². The van der Waals surface area contributed by atoms with E-state index in [4.69, 9.17) is 0 Å². The summed E-state index contributed by atoms with van der Waals surface area (Å²) in [6.45, 7) is 0.0913. The monoisotopic (exact) mass is 422 g/mol. The van der Waals surface area contributed by atoms with E-state index < -0.39 is 9.84 Å². The van der Waals surface area contributed by atoms with Gasteiger partial charge < -0.3 is 10.2 Å². The highest BCUT2D eigenvalue weighted by Crippen LogP contribution is 2.25. The number of benzene rings is 2. The third-order valence-electron chi connectivity index (χ3n) is 4.18. The number of para-hydroxylation sites is 2. The van der Waals surface area contributed by atoms with Gasteiger partial charge in [0.2, 0.25) is 5.91 Å². The van der Waals surface area contributed by atoms with Gasteiger partial charge in [-0.15, -0.1) is 0 Å².